The molecule has 192 valence electrons. The molecule has 2 N–H and O–H groups in total. The van der Waals surface area contributed by atoms with Crippen molar-refractivity contribution in [1.29, 1.82) is 0 Å². The predicted octanol–water partition coefficient (Wildman–Crippen LogP) is 3.42. The Kier molecular flexibility index (Phi) is 7.47. The van der Waals surface area contributed by atoms with Crippen molar-refractivity contribution in [2.45, 2.75) is 58.9 Å². The lowest BCUT2D eigenvalue weighted by molar-refractivity contribution is -0.141. The number of nitrogens with one attached hydrogen (secondary N) is 2. The summed E-state index contributed by atoms with van der Waals surface area (Å²) in [7, 11) is 0. The van der Waals surface area contributed by atoms with Crippen LogP contribution in [0.1, 0.15) is 53.4 Å². The van der Waals surface area contributed by atoms with Crippen LogP contribution in [0.5, 0.6) is 0 Å². The zero-order chi connectivity index (χ0) is 26.1. The maximum atomic E-state index is 13.9. The van der Waals surface area contributed by atoms with E-state index in [1.54, 1.807) is 6.92 Å². The van der Waals surface area contributed by atoms with Crippen molar-refractivity contribution in [2.24, 2.45) is 11.3 Å². The summed E-state index contributed by atoms with van der Waals surface area (Å²) in [5, 5.41) is 4.92. The van der Waals surface area contributed by atoms with E-state index in [1.165, 1.54) is 0 Å². The molecule has 1 saturated carbocycles. The summed E-state index contributed by atoms with van der Waals surface area (Å²) >= 11 is 0. The monoisotopic (exact) mass is 496 g/mol. The third-order valence-corrected chi connectivity index (χ3v) is 6.41. The number of benzene rings is 1. The van der Waals surface area contributed by atoms with E-state index in [0.29, 0.717) is 25.3 Å². The predicted molar refractivity (Wildman–Crippen MR) is 122 cm³/mol. The summed E-state index contributed by atoms with van der Waals surface area (Å²) in [5.74, 6) is -6.41. The van der Waals surface area contributed by atoms with Crippen LogP contribution in [0.25, 0.3) is 0 Å². The lowest BCUT2D eigenvalue weighted by Crippen LogP contribution is -2.54. The highest BCUT2D eigenvalue weighted by Crippen LogP contribution is 2.46. The highest BCUT2D eigenvalue weighted by atomic mass is 19.2. The Morgan fingerprint density at radius 2 is 1.86 bits per heavy atom. The van der Waals surface area contributed by atoms with Crippen molar-refractivity contribution >= 4 is 29.4 Å². The lowest BCUT2D eigenvalue weighted by atomic mass is 9.64. The zero-order valence-electron chi connectivity index (χ0n) is 20.3. The smallest absolute Gasteiger partial charge is 0.325 e. The normalized spacial score (nSPS) is 23.4. The fourth-order valence-electron chi connectivity index (χ4n) is 5.43. The topological polar surface area (TPSA) is 98.8 Å². The van der Waals surface area contributed by atoms with Gasteiger partial charge in [-0.1, -0.05) is 27.7 Å². The third-order valence-electron chi connectivity index (χ3n) is 6.41. The molecule has 0 aromatic heterocycles. The number of hydrogen-bond acceptors (Lipinski definition) is 4. The lowest BCUT2D eigenvalue weighted by Gasteiger charge is -2.43. The summed E-state index contributed by atoms with van der Waals surface area (Å²) in [6.45, 7) is 6.92. The number of urea groups is 1. The molecule has 11 heteroatoms. The molecule has 1 heterocycles. The van der Waals surface area contributed by atoms with Gasteiger partial charge in [-0.3, -0.25) is 19.3 Å². The summed E-state index contributed by atoms with van der Waals surface area (Å²) in [6, 6.07) is 0.888. The van der Waals surface area contributed by atoms with Crippen molar-refractivity contribution in [3.8, 4) is 0 Å². The van der Waals surface area contributed by atoms with E-state index in [1.807, 2.05) is 20.8 Å². The van der Waals surface area contributed by atoms with E-state index in [9.17, 15) is 32.3 Å². The second-order valence-electron chi connectivity index (χ2n) is 10.3. The molecule has 2 fully saturated rings. The van der Waals surface area contributed by atoms with Gasteiger partial charge in [-0.15, -0.1) is 0 Å². The molecular weight excluding hydrogens is 465 g/mol. The summed E-state index contributed by atoms with van der Waals surface area (Å²) in [6.07, 6.45) is 2.32. The summed E-state index contributed by atoms with van der Waals surface area (Å²) in [5.41, 5.74) is -1.79. The van der Waals surface area contributed by atoms with Crippen LogP contribution < -0.4 is 10.6 Å². The Morgan fingerprint density at radius 1 is 1.17 bits per heavy atom. The molecule has 0 bridgehead atoms. The quantitative estimate of drug-likeness (QED) is 0.446. The Labute approximate surface area is 202 Å². The second-order valence-corrected chi connectivity index (χ2v) is 10.3. The molecule has 1 saturated heterocycles. The van der Waals surface area contributed by atoms with E-state index in [2.05, 4.69) is 10.6 Å². The number of hydrogen-bond donors (Lipinski definition) is 2. The van der Waals surface area contributed by atoms with Crippen LogP contribution in [0.4, 0.5) is 23.7 Å². The van der Waals surface area contributed by atoms with Gasteiger partial charge in [0.2, 0.25) is 11.8 Å². The van der Waals surface area contributed by atoms with E-state index < -0.39 is 65.5 Å². The molecular formula is C24H31F3N4O4. The first-order valence-electron chi connectivity index (χ1n) is 11.6. The Balaban J connectivity index is 1.69. The number of anilines is 1. The molecule has 8 nitrogen and oxygen atoms in total. The van der Waals surface area contributed by atoms with Crippen LogP contribution in [-0.2, 0) is 14.4 Å². The first kappa shape index (κ1) is 26.5. The number of rotatable bonds is 7. The van der Waals surface area contributed by atoms with Gasteiger partial charge in [-0.25, -0.2) is 18.0 Å². The van der Waals surface area contributed by atoms with Crippen LogP contribution in [0.2, 0.25) is 0 Å². The first-order chi connectivity index (χ1) is 16.3. The molecule has 1 aromatic carbocycles. The van der Waals surface area contributed by atoms with Crippen molar-refractivity contribution in [3.05, 3.63) is 29.6 Å². The van der Waals surface area contributed by atoms with Crippen LogP contribution >= 0.6 is 0 Å². The molecule has 0 radical (unpaired) electrons. The fourth-order valence-corrected chi connectivity index (χ4v) is 5.43. The van der Waals surface area contributed by atoms with Crippen LogP contribution in [0.15, 0.2) is 12.1 Å². The van der Waals surface area contributed by atoms with Crippen molar-refractivity contribution in [3.63, 3.8) is 0 Å². The number of halogens is 3. The fraction of sp³-hybridized carbons (Fsp3) is 0.583. The van der Waals surface area contributed by atoms with Gasteiger partial charge in [-0.05, 0) is 49.1 Å². The number of imide groups is 1. The molecule has 1 aromatic rings. The van der Waals surface area contributed by atoms with Gasteiger partial charge in [0.05, 0.1) is 12.2 Å². The van der Waals surface area contributed by atoms with Gasteiger partial charge in [-0.2, -0.15) is 0 Å². The van der Waals surface area contributed by atoms with E-state index >= 15 is 0 Å². The van der Waals surface area contributed by atoms with Crippen molar-refractivity contribution in [2.75, 3.05) is 25.0 Å². The minimum absolute atomic E-state index is 0.130. The molecule has 2 aliphatic rings. The molecule has 1 aliphatic carbocycles. The summed E-state index contributed by atoms with van der Waals surface area (Å²) < 4.78 is 40.4. The van der Waals surface area contributed by atoms with Gasteiger partial charge in [0, 0.05) is 6.54 Å². The number of carbonyl (C=O) groups is 4. The van der Waals surface area contributed by atoms with Gasteiger partial charge in [0.1, 0.15) is 12.1 Å². The van der Waals surface area contributed by atoms with Gasteiger partial charge in [0.15, 0.2) is 17.5 Å². The average Bonchev–Trinajstić information content (AvgIpc) is 2.95. The van der Waals surface area contributed by atoms with E-state index in [-0.39, 0.29) is 17.9 Å². The minimum Gasteiger partial charge on any atom is -0.332 e. The Morgan fingerprint density at radius 3 is 2.49 bits per heavy atom. The molecule has 5 amide bonds. The Hall–Kier alpha value is -3.11. The Bertz CT molecular complexity index is 1050. The molecule has 1 spiro atoms. The number of nitrogens with zero attached hydrogens (tertiary/aromatic N) is 2. The SMILES string of the molecule is CCCN(CC(=O)Nc1ccc(F)c(F)c1F)C(=O)CN1C(=O)N[C@]2(C[C@@H](C)CC(C)(C)C2)C1=O. The maximum Gasteiger partial charge on any atom is 0.325 e. The molecule has 35 heavy (non-hydrogen) atoms. The second kappa shape index (κ2) is 9.87. The standard InChI is InChI=1S/C24H31F3N4O4/c1-5-8-30(11-17(32)28-16-7-6-15(25)19(26)20(16)27)18(33)12-31-21(34)24(29-22(31)35)10-14(2)9-23(3,4)13-24/h6-7,14H,5,8-13H2,1-4H3,(H,28,32)(H,29,35)/t14-,24-/m0/s1. The molecule has 3 rings (SSSR count). The van der Waals surface area contributed by atoms with Gasteiger partial charge >= 0.3 is 6.03 Å². The van der Waals surface area contributed by atoms with Crippen LogP contribution in [-0.4, -0.2) is 58.7 Å². The summed E-state index contributed by atoms with van der Waals surface area (Å²) in [4.78, 5) is 53.4. The van der Waals surface area contributed by atoms with E-state index in [4.69, 9.17) is 0 Å². The third kappa shape index (κ3) is 5.59. The molecule has 0 unspecified atom stereocenters. The van der Waals surface area contributed by atoms with E-state index in [0.717, 1.165) is 22.3 Å². The molecule has 2 atom stereocenters. The highest BCUT2D eigenvalue weighted by molar-refractivity contribution is 6.09. The average molecular weight is 497 g/mol. The highest BCUT2D eigenvalue weighted by Gasteiger charge is 2.56. The number of amides is 5. The van der Waals surface area contributed by atoms with Crippen LogP contribution in [0, 0.1) is 28.8 Å². The van der Waals surface area contributed by atoms with Crippen molar-refractivity contribution in [1.82, 2.24) is 15.1 Å². The maximum absolute atomic E-state index is 13.9. The largest absolute Gasteiger partial charge is 0.332 e. The van der Waals surface area contributed by atoms with Crippen LogP contribution in [0.3, 0.4) is 0 Å². The minimum atomic E-state index is -1.73. The number of carbonyl (C=O) groups excluding carboxylic acids is 4. The zero-order valence-corrected chi connectivity index (χ0v) is 20.3. The van der Waals surface area contributed by atoms with Gasteiger partial charge < -0.3 is 15.5 Å². The van der Waals surface area contributed by atoms with Gasteiger partial charge in [0.25, 0.3) is 5.91 Å². The molecule has 1 aliphatic heterocycles. The first-order valence-corrected chi connectivity index (χ1v) is 11.6. The van der Waals surface area contributed by atoms with Crippen molar-refractivity contribution < 1.29 is 32.3 Å².